The summed E-state index contributed by atoms with van der Waals surface area (Å²) in [6.07, 6.45) is 0. The molecule has 2 N–H and O–H groups in total. The molecule has 0 atom stereocenters. The third-order valence-corrected chi connectivity index (χ3v) is 4.19. The summed E-state index contributed by atoms with van der Waals surface area (Å²) in [4.78, 5) is -0.301. The summed E-state index contributed by atoms with van der Waals surface area (Å²) in [6, 6.07) is 5.33. The molecule has 90 valence electrons. The molecule has 0 amide bonds. The number of hydrogen-bond acceptors (Lipinski definition) is 3. The van der Waals surface area contributed by atoms with Crippen LogP contribution in [-0.4, -0.2) is 32.4 Å². The van der Waals surface area contributed by atoms with Crippen LogP contribution in [-0.2, 0) is 10.0 Å². The molecule has 6 heteroatoms. The fourth-order valence-electron chi connectivity index (χ4n) is 1.39. The number of nitrogens with zero attached hydrogens (tertiary/aromatic N) is 1. The molecule has 4 nitrogen and oxygen atoms in total. The van der Waals surface area contributed by atoms with Crippen molar-refractivity contribution in [3.05, 3.63) is 30.1 Å². The van der Waals surface area contributed by atoms with Crippen LogP contribution < -0.4 is 5.73 Å². The molecule has 0 saturated heterocycles. The number of likely N-dealkylation sites (N-methyl/N-ethyl adjacent to an activating group) is 1. The van der Waals surface area contributed by atoms with Crippen molar-refractivity contribution in [1.82, 2.24) is 4.31 Å². The van der Waals surface area contributed by atoms with Gasteiger partial charge < -0.3 is 5.73 Å². The third kappa shape index (κ3) is 2.58. The van der Waals surface area contributed by atoms with Gasteiger partial charge in [0.1, 0.15) is 10.7 Å². The van der Waals surface area contributed by atoms with Crippen molar-refractivity contribution in [1.29, 1.82) is 0 Å². The molecule has 0 radical (unpaired) electrons. The van der Waals surface area contributed by atoms with E-state index in [-0.39, 0.29) is 24.5 Å². The molecule has 0 aromatic heterocycles. The Balaban J connectivity index is 3.15. The van der Waals surface area contributed by atoms with Crippen molar-refractivity contribution in [3.63, 3.8) is 0 Å². The molecule has 1 aromatic rings. The van der Waals surface area contributed by atoms with Gasteiger partial charge in [-0.3, -0.25) is 0 Å². The Hall–Kier alpha value is -0.980. The van der Waals surface area contributed by atoms with Crippen molar-refractivity contribution in [3.8, 4) is 0 Å². The number of halogens is 1. The van der Waals surface area contributed by atoms with Crippen LogP contribution in [0.5, 0.6) is 0 Å². The summed E-state index contributed by atoms with van der Waals surface area (Å²) in [5, 5.41) is 0. The number of sulfonamides is 1. The standard InChI is InChI=1S/C10H15FN2O2S/c1-2-13(8-7-12)16(14,15)10-6-4-3-5-9(10)11/h3-6H,2,7-8,12H2,1H3. The maximum absolute atomic E-state index is 13.4. The van der Waals surface area contributed by atoms with Gasteiger partial charge in [-0.1, -0.05) is 19.1 Å². The SMILES string of the molecule is CCN(CCN)S(=O)(=O)c1ccccc1F. The van der Waals surface area contributed by atoms with Crippen LogP contribution >= 0.6 is 0 Å². The summed E-state index contributed by atoms with van der Waals surface area (Å²) in [6.45, 7) is 2.36. The van der Waals surface area contributed by atoms with Crippen molar-refractivity contribution in [2.24, 2.45) is 5.73 Å². The minimum Gasteiger partial charge on any atom is -0.329 e. The first-order chi connectivity index (χ1) is 7.54. The summed E-state index contributed by atoms with van der Waals surface area (Å²) in [7, 11) is -3.77. The van der Waals surface area contributed by atoms with Gasteiger partial charge in [0.05, 0.1) is 0 Å². The topological polar surface area (TPSA) is 63.4 Å². The average molecular weight is 246 g/mol. The molecule has 0 bridgehead atoms. The summed E-state index contributed by atoms with van der Waals surface area (Å²) in [5.74, 6) is -0.738. The minimum atomic E-state index is -3.77. The molecule has 0 spiro atoms. The van der Waals surface area contributed by atoms with Crippen LogP contribution in [0, 0.1) is 5.82 Å². The van der Waals surface area contributed by atoms with Gasteiger partial charge in [-0.15, -0.1) is 0 Å². The van der Waals surface area contributed by atoms with Crippen molar-refractivity contribution in [2.45, 2.75) is 11.8 Å². The van der Waals surface area contributed by atoms with Crippen LogP contribution in [0.25, 0.3) is 0 Å². The number of hydrogen-bond donors (Lipinski definition) is 1. The van der Waals surface area contributed by atoms with E-state index < -0.39 is 15.8 Å². The monoisotopic (exact) mass is 246 g/mol. The molecule has 1 rings (SSSR count). The Morgan fingerprint density at radius 3 is 2.50 bits per heavy atom. The highest BCUT2D eigenvalue weighted by Crippen LogP contribution is 2.18. The van der Waals surface area contributed by atoms with E-state index in [4.69, 9.17) is 5.73 Å². The fraction of sp³-hybridized carbons (Fsp3) is 0.400. The van der Waals surface area contributed by atoms with E-state index >= 15 is 0 Å². The maximum Gasteiger partial charge on any atom is 0.246 e. The summed E-state index contributed by atoms with van der Waals surface area (Å²) >= 11 is 0. The molecule has 0 fully saturated rings. The zero-order valence-electron chi connectivity index (χ0n) is 9.06. The van der Waals surface area contributed by atoms with E-state index in [0.29, 0.717) is 0 Å². The lowest BCUT2D eigenvalue weighted by Crippen LogP contribution is -2.35. The van der Waals surface area contributed by atoms with Crippen molar-refractivity contribution < 1.29 is 12.8 Å². The Morgan fingerprint density at radius 1 is 1.38 bits per heavy atom. The van der Waals surface area contributed by atoms with Crippen molar-refractivity contribution in [2.75, 3.05) is 19.6 Å². The molecule has 0 aliphatic carbocycles. The lowest BCUT2D eigenvalue weighted by atomic mass is 10.4. The van der Waals surface area contributed by atoms with E-state index in [1.807, 2.05) is 0 Å². The van der Waals surface area contributed by atoms with Crippen LogP contribution in [0.4, 0.5) is 4.39 Å². The number of rotatable bonds is 5. The fourth-order valence-corrected chi connectivity index (χ4v) is 2.91. The highest BCUT2D eigenvalue weighted by atomic mass is 32.2. The van der Waals surface area contributed by atoms with E-state index in [9.17, 15) is 12.8 Å². The lowest BCUT2D eigenvalue weighted by Gasteiger charge is -2.19. The zero-order valence-corrected chi connectivity index (χ0v) is 9.87. The first-order valence-corrected chi connectivity index (χ1v) is 6.42. The van der Waals surface area contributed by atoms with Crippen LogP contribution in [0.2, 0.25) is 0 Å². The van der Waals surface area contributed by atoms with Gasteiger partial charge in [0.25, 0.3) is 0 Å². The van der Waals surface area contributed by atoms with E-state index in [1.165, 1.54) is 18.2 Å². The van der Waals surface area contributed by atoms with Crippen LogP contribution in [0.1, 0.15) is 6.92 Å². The van der Waals surface area contributed by atoms with Gasteiger partial charge in [0.15, 0.2) is 0 Å². The second-order valence-electron chi connectivity index (χ2n) is 3.22. The smallest absolute Gasteiger partial charge is 0.246 e. The molecule has 0 unspecified atom stereocenters. The Bertz CT molecular complexity index is 448. The second-order valence-corrected chi connectivity index (χ2v) is 5.12. The maximum atomic E-state index is 13.4. The molecule has 16 heavy (non-hydrogen) atoms. The highest BCUT2D eigenvalue weighted by Gasteiger charge is 2.25. The largest absolute Gasteiger partial charge is 0.329 e. The third-order valence-electron chi connectivity index (χ3n) is 2.19. The van der Waals surface area contributed by atoms with Gasteiger partial charge >= 0.3 is 0 Å². The molecule has 0 saturated carbocycles. The Kier molecular flexibility index (Phi) is 4.40. The highest BCUT2D eigenvalue weighted by molar-refractivity contribution is 7.89. The predicted molar refractivity (Wildman–Crippen MR) is 59.9 cm³/mol. The lowest BCUT2D eigenvalue weighted by molar-refractivity contribution is 0.431. The number of nitrogens with two attached hydrogens (primary N) is 1. The summed E-state index contributed by atoms with van der Waals surface area (Å²) < 4.78 is 38.6. The van der Waals surface area contributed by atoms with E-state index in [2.05, 4.69) is 0 Å². The normalized spacial score (nSPS) is 12.0. The molecular weight excluding hydrogens is 231 g/mol. The van der Waals surface area contributed by atoms with E-state index in [0.717, 1.165) is 10.4 Å². The van der Waals surface area contributed by atoms with Crippen LogP contribution in [0.3, 0.4) is 0 Å². The molecular formula is C10H15FN2O2S. The molecule has 0 aliphatic heterocycles. The minimum absolute atomic E-state index is 0.188. The molecule has 0 aliphatic rings. The Labute approximate surface area is 94.9 Å². The van der Waals surface area contributed by atoms with Crippen molar-refractivity contribution >= 4 is 10.0 Å². The van der Waals surface area contributed by atoms with E-state index in [1.54, 1.807) is 6.92 Å². The first kappa shape index (κ1) is 13.1. The zero-order chi connectivity index (χ0) is 12.2. The van der Waals surface area contributed by atoms with Gasteiger partial charge in [0.2, 0.25) is 10.0 Å². The van der Waals surface area contributed by atoms with Gasteiger partial charge in [0, 0.05) is 19.6 Å². The first-order valence-electron chi connectivity index (χ1n) is 4.98. The second kappa shape index (κ2) is 5.38. The van der Waals surface area contributed by atoms with Gasteiger partial charge in [-0.2, -0.15) is 4.31 Å². The molecule has 1 aromatic carbocycles. The predicted octanol–water partition coefficient (Wildman–Crippen LogP) is 0.795. The summed E-state index contributed by atoms with van der Waals surface area (Å²) in [5.41, 5.74) is 5.32. The Morgan fingerprint density at radius 2 is 2.00 bits per heavy atom. The number of benzene rings is 1. The molecule has 0 heterocycles. The average Bonchev–Trinajstić information content (AvgIpc) is 2.26. The quantitative estimate of drug-likeness (QED) is 0.835. The van der Waals surface area contributed by atoms with Gasteiger partial charge in [-0.05, 0) is 12.1 Å². The van der Waals surface area contributed by atoms with Crippen LogP contribution in [0.15, 0.2) is 29.2 Å². The van der Waals surface area contributed by atoms with Gasteiger partial charge in [-0.25, -0.2) is 12.8 Å².